The predicted octanol–water partition coefficient (Wildman–Crippen LogP) is 1.30. The molecule has 2 N–H and O–H groups in total. The molecule has 0 radical (unpaired) electrons. The van der Waals surface area contributed by atoms with Gasteiger partial charge in [-0.1, -0.05) is 5.22 Å². The van der Waals surface area contributed by atoms with E-state index in [2.05, 4.69) is 25.7 Å². The van der Waals surface area contributed by atoms with Gasteiger partial charge in [-0.2, -0.15) is 10.4 Å². The Morgan fingerprint density at radius 3 is 3.31 bits per heavy atom. The lowest BCUT2D eigenvalue weighted by Crippen LogP contribution is -1.91. The number of aromatic nitrogens is 2. The fourth-order valence-electron chi connectivity index (χ4n) is 0.635. The Balaban J connectivity index is 2.50. The first-order valence-electron chi connectivity index (χ1n) is 3.50. The number of rotatable bonds is 4. The fourth-order valence-corrected chi connectivity index (χ4v) is 0.710. The number of nitrogens with one attached hydrogen (secondary N) is 2. The largest absolute Gasteiger partial charge is 0.335 e. The van der Waals surface area contributed by atoms with Gasteiger partial charge < -0.3 is 4.98 Å². The van der Waals surface area contributed by atoms with Crippen LogP contribution in [0.1, 0.15) is 5.69 Å². The zero-order valence-corrected chi connectivity index (χ0v) is 7.41. The SMILES string of the molecule is N#Cc1[nH]cnc1NN=NCCCl. The number of hydrogen-bond donors (Lipinski definition) is 2. The van der Waals surface area contributed by atoms with Crippen molar-refractivity contribution in [3.05, 3.63) is 12.0 Å². The van der Waals surface area contributed by atoms with Crippen molar-refractivity contribution in [2.45, 2.75) is 0 Å². The average Bonchev–Trinajstić information content (AvgIpc) is 2.60. The van der Waals surface area contributed by atoms with Crippen molar-refractivity contribution in [3.8, 4) is 6.07 Å². The summed E-state index contributed by atoms with van der Waals surface area (Å²) in [6.45, 7) is 0.431. The molecule has 0 bridgehead atoms. The molecule has 1 rings (SSSR count). The average molecular weight is 199 g/mol. The molecule has 1 heterocycles. The lowest BCUT2D eigenvalue weighted by molar-refractivity contribution is 0.962. The molecule has 0 unspecified atom stereocenters. The molecule has 1 aromatic heterocycles. The second kappa shape index (κ2) is 5.11. The Kier molecular flexibility index (Phi) is 3.73. The van der Waals surface area contributed by atoms with Crippen LogP contribution < -0.4 is 5.43 Å². The first kappa shape index (κ1) is 9.48. The highest BCUT2D eigenvalue weighted by Crippen LogP contribution is 2.06. The van der Waals surface area contributed by atoms with Gasteiger partial charge in [-0.3, -0.25) is 0 Å². The third kappa shape index (κ3) is 2.72. The molecule has 0 spiro atoms. The van der Waals surface area contributed by atoms with E-state index in [1.807, 2.05) is 6.07 Å². The van der Waals surface area contributed by atoms with Crippen LogP contribution in [0, 0.1) is 11.3 Å². The molecule has 0 saturated heterocycles. The molecule has 68 valence electrons. The topological polar surface area (TPSA) is 89.2 Å². The summed E-state index contributed by atoms with van der Waals surface area (Å²) in [6.07, 6.45) is 1.40. The maximum Gasteiger partial charge on any atom is 0.184 e. The summed E-state index contributed by atoms with van der Waals surface area (Å²) in [5.74, 6) is 0.775. The number of nitrogens with zero attached hydrogens (tertiary/aromatic N) is 4. The van der Waals surface area contributed by atoms with Gasteiger partial charge in [-0.25, -0.2) is 10.4 Å². The van der Waals surface area contributed by atoms with Crippen molar-refractivity contribution in [1.29, 1.82) is 5.26 Å². The number of halogens is 1. The van der Waals surface area contributed by atoms with Gasteiger partial charge in [0.05, 0.1) is 12.9 Å². The molecular weight excluding hydrogens is 192 g/mol. The number of aromatic amines is 1. The predicted molar refractivity (Wildman–Crippen MR) is 47.4 cm³/mol. The van der Waals surface area contributed by atoms with E-state index in [9.17, 15) is 0 Å². The molecule has 1 aromatic rings. The van der Waals surface area contributed by atoms with Gasteiger partial charge in [-0.15, -0.1) is 11.6 Å². The second-order valence-electron chi connectivity index (χ2n) is 2.00. The van der Waals surface area contributed by atoms with Crippen LogP contribution in [-0.4, -0.2) is 22.4 Å². The summed E-state index contributed by atoms with van der Waals surface area (Å²) in [6, 6.07) is 1.91. The van der Waals surface area contributed by atoms with Crippen LogP contribution in [0.25, 0.3) is 0 Å². The van der Waals surface area contributed by atoms with Gasteiger partial charge in [0.2, 0.25) is 0 Å². The minimum absolute atomic E-state index is 0.324. The third-order valence-corrected chi connectivity index (χ3v) is 1.33. The minimum Gasteiger partial charge on any atom is -0.335 e. The Morgan fingerprint density at radius 1 is 1.77 bits per heavy atom. The maximum atomic E-state index is 8.56. The summed E-state index contributed by atoms with van der Waals surface area (Å²) in [5.41, 5.74) is 2.84. The van der Waals surface area contributed by atoms with Crippen LogP contribution in [0.15, 0.2) is 16.7 Å². The van der Waals surface area contributed by atoms with Gasteiger partial charge in [-0.05, 0) is 0 Å². The summed E-state index contributed by atoms with van der Waals surface area (Å²) >= 11 is 5.37. The molecule has 13 heavy (non-hydrogen) atoms. The van der Waals surface area contributed by atoms with Crippen LogP contribution in [0.2, 0.25) is 0 Å². The van der Waals surface area contributed by atoms with E-state index < -0.39 is 0 Å². The first-order chi connectivity index (χ1) is 6.38. The van der Waals surface area contributed by atoms with E-state index in [-0.39, 0.29) is 0 Å². The lowest BCUT2D eigenvalue weighted by atomic mass is 10.5. The first-order valence-corrected chi connectivity index (χ1v) is 4.04. The minimum atomic E-state index is 0.324. The highest BCUT2D eigenvalue weighted by Gasteiger charge is 2.01. The van der Waals surface area contributed by atoms with Crippen LogP contribution >= 0.6 is 11.6 Å². The zero-order chi connectivity index (χ0) is 9.52. The van der Waals surface area contributed by atoms with E-state index in [4.69, 9.17) is 16.9 Å². The molecule has 0 aromatic carbocycles. The Hall–Kier alpha value is -1.61. The number of hydrogen-bond acceptors (Lipinski definition) is 4. The normalized spacial score (nSPS) is 10.2. The number of imidazole rings is 1. The second-order valence-corrected chi connectivity index (χ2v) is 2.38. The third-order valence-electron chi connectivity index (χ3n) is 1.16. The van der Waals surface area contributed by atoms with Crippen molar-refractivity contribution < 1.29 is 0 Å². The molecular formula is C6H7ClN6. The Morgan fingerprint density at radius 2 is 2.62 bits per heavy atom. The molecule has 0 atom stereocenters. The van der Waals surface area contributed by atoms with Crippen molar-refractivity contribution in [2.24, 2.45) is 10.3 Å². The highest BCUT2D eigenvalue weighted by atomic mass is 35.5. The quantitative estimate of drug-likeness (QED) is 0.434. The summed E-state index contributed by atoms with van der Waals surface area (Å²) in [4.78, 5) is 6.44. The zero-order valence-electron chi connectivity index (χ0n) is 6.66. The maximum absolute atomic E-state index is 8.56. The summed E-state index contributed by atoms with van der Waals surface area (Å²) < 4.78 is 0. The highest BCUT2D eigenvalue weighted by molar-refractivity contribution is 6.18. The van der Waals surface area contributed by atoms with Crippen LogP contribution in [0.4, 0.5) is 5.82 Å². The van der Waals surface area contributed by atoms with Crippen LogP contribution in [-0.2, 0) is 0 Å². The van der Waals surface area contributed by atoms with E-state index >= 15 is 0 Å². The molecule has 0 fully saturated rings. The van der Waals surface area contributed by atoms with Crippen molar-refractivity contribution in [2.75, 3.05) is 17.9 Å². The van der Waals surface area contributed by atoms with Crippen LogP contribution in [0.3, 0.4) is 0 Å². The van der Waals surface area contributed by atoms with Crippen molar-refractivity contribution in [1.82, 2.24) is 9.97 Å². The monoisotopic (exact) mass is 198 g/mol. The van der Waals surface area contributed by atoms with Crippen molar-refractivity contribution >= 4 is 17.4 Å². The molecule has 0 aliphatic carbocycles. The Labute approximate surface area is 79.6 Å². The Bertz CT molecular complexity index is 324. The summed E-state index contributed by atoms with van der Waals surface area (Å²) in [7, 11) is 0. The van der Waals surface area contributed by atoms with Gasteiger partial charge in [0.1, 0.15) is 6.07 Å². The lowest BCUT2D eigenvalue weighted by Gasteiger charge is -1.91. The fraction of sp³-hybridized carbons (Fsp3) is 0.333. The molecule has 7 heteroatoms. The molecule has 0 aliphatic rings. The van der Waals surface area contributed by atoms with Crippen LogP contribution in [0.5, 0.6) is 0 Å². The number of alkyl halides is 1. The number of nitriles is 1. The number of H-pyrrole nitrogens is 1. The van der Waals surface area contributed by atoms with Gasteiger partial charge >= 0.3 is 0 Å². The van der Waals surface area contributed by atoms with Crippen molar-refractivity contribution in [3.63, 3.8) is 0 Å². The molecule has 0 saturated carbocycles. The summed E-state index contributed by atoms with van der Waals surface area (Å²) in [5, 5.41) is 15.8. The molecule has 0 amide bonds. The van der Waals surface area contributed by atoms with Gasteiger partial charge in [0.15, 0.2) is 11.5 Å². The standard InChI is InChI=1S/C6H7ClN6/c7-1-2-11-13-12-6-5(3-8)9-4-10-6/h4H,1-2H2,(H,9,10)(H,11,12). The van der Waals surface area contributed by atoms with Gasteiger partial charge in [0.25, 0.3) is 0 Å². The van der Waals surface area contributed by atoms with E-state index in [0.29, 0.717) is 23.9 Å². The molecule has 0 aliphatic heterocycles. The van der Waals surface area contributed by atoms with E-state index in [0.717, 1.165) is 0 Å². The molecule has 6 nitrogen and oxygen atoms in total. The van der Waals surface area contributed by atoms with E-state index in [1.165, 1.54) is 6.33 Å². The number of anilines is 1. The smallest absolute Gasteiger partial charge is 0.184 e. The van der Waals surface area contributed by atoms with E-state index in [1.54, 1.807) is 0 Å². The van der Waals surface area contributed by atoms with Gasteiger partial charge in [0, 0.05) is 5.88 Å².